The summed E-state index contributed by atoms with van der Waals surface area (Å²) in [5.74, 6) is 1.20. The van der Waals surface area contributed by atoms with Gasteiger partial charge >= 0.3 is 0 Å². The van der Waals surface area contributed by atoms with Gasteiger partial charge in [0.1, 0.15) is 0 Å². The second-order valence-corrected chi connectivity index (χ2v) is 9.14. The third-order valence-corrected chi connectivity index (χ3v) is 6.65. The predicted octanol–water partition coefficient (Wildman–Crippen LogP) is 3.78. The van der Waals surface area contributed by atoms with Crippen molar-refractivity contribution in [3.05, 3.63) is 16.5 Å². The molecule has 26 heavy (non-hydrogen) atoms. The monoisotopic (exact) mass is 390 g/mol. The molecule has 2 heterocycles. The summed E-state index contributed by atoms with van der Waals surface area (Å²) in [6.07, 6.45) is 3.79. The van der Waals surface area contributed by atoms with Crippen LogP contribution in [0.15, 0.2) is 15.7 Å². The van der Waals surface area contributed by atoms with Crippen molar-refractivity contribution >= 4 is 29.0 Å². The zero-order chi connectivity index (χ0) is 18.7. The van der Waals surface area contributed by atoms with Crippen LogP contribution in [0, 0.1) is 17.2 Å². The summed E-state index contributed by atoms with van der Waals surface area (Å²) in [5.41, 5.74) is 1.40. The highest BCUT2D eigenvalue weighted by molar-refractivity contribution is 8.00. The Morgan fingerprint density at radius 2 is 2.38 bits per heavy atom. The molecular weight excluding hydrogens is 368 g/mol. The van der Waals surface area contributed by atoms with E-state index in [1.807, 2.05) is 13.0 Å². The number of nitriles is 1. The van der Waals surface area contributed by atoms with E-state index in [1.165, 1.54) is 28.6 Å². The predicted molar refractivity (Wildman–Crippen MR) is 102 cm³/mol. The largest absolute Gasteiger partial charge is 0.410 e. The van der Waals surface area contributed by atoms with Gasteiger partial charge in [-0.3, -0.25) is 4.79 Å². The van der Waals surface area contributed by atoms with Crippen molar-refractivity contribution < 1.29 is 9.21 Å². The Morgan fingerprint density at radius 1 is 1.58 bits per heavy atom. The Balaban J connectivity index is 1.65. The second kappa shape index (κ2) is 8.23. The van der Waals surface area contributed by atoms with E-state index < -0.39 is 0 Å². The molecule has 0 aliphatic heterocycles. The number of aromatic nitrogens is 2. The van der Waals surface area contributed by atoms with Crippen molar-refractivity contribution in [1.29, 1.82) is 5.26 Å². The van der Waals surface area contributed by atoms with Gasteiger partial charge < -0.3 is 9.32 Å². The molecule has 0 saturated carbocycles. The Hall–Kier alpha value is -1.85. The number of fused-ring (bicyclic) bond motifs is 1. The number of amides is 1. The average molecular weight is 391 g/mol. The lowest BCUT2D eigenvalue weighted by atomic mass is 9.90. The molecule has 0 aromatic carbocycles. The van der Waals surface area contributed by atoms with E-state index in [4.69, 9.17) is 9.68 Å². The van der Waals surface area contributed by atoms with E-state index >= 15 is 0 Å². The molecule has 0 saturated heterocycles. The highest BCUT2D eigenvalue weighted by atomic mass is 32.2. The Morgan fingerprint density at radius 3 is 3.15 bits per heavy atom. The molecule has 0 unspecified atom stereocenters. The molecule has 3 rings (SSSR count). The fraction of sp³-hybridized carbons (Fsp3) is 0.556. The number of carbonyl (C=O) groups excluding carboxylic acids is 1. The van der Waals surface area contributed by atoms with E-state index in [-0.39, 0.29) is 11.2 Å². The molecule has 1 amide bonds. The van der Waals surface area contributed by atoms with Crippen molar-refractivity contribution in [2.24, 2.45) is 5.92 Å². The van der Waals surface area contributed by atoms with Crippen LogP contribution in [-0.2, 0) is 17.6 Å². The van der Waals surface area contributed by atoms with E-state index in [2.05, 4.69) is 23.2 Å². The van der Waals surface area contributed by atoms with Crippen molar-refractivity contribution in [1.82, 2.24) is 15.1 Å². The minimum atomic E-state index is -0.343. The van der Waals surface area contributed by atoms with Crippen LogP contribution in [0.2, 0.25) is 0 Å². The first-order chi connectivity index (χ1) is 12.5. The zero-order valence-electron chi connectivity index (χ0n) is 15.2. The molecule has 0 radical (unpaired) electrons. The Bertz CT molecular complexity index is 824. The smallest absolute Gasteiger partial charge is 0.277 e. The molecule has 1 aliphatic rings. The molecule has 138 valence electrons. The number of carbonyl (C=O) groups is 1. The summed E-state index contributed by atoms with van der Waals surface area (Å²) in [6.45, 7) is 4.52. The molecule has 0 fully saturated rings. The number of rotatable bonds is 6. The summed E-state index contributed by atoms with van der Waals surface area (Å²) in [4.78, 5) is 16.3. The maximum absolute atomic E-state index is 12.3. The van der Waals surface area contributed by atoms with Gasteiger partial charge in [0, 0.05) is 18.5 Å². The lowest BCUT2D eigenvalue weighted by Gasteiger charge is -2.18. The fourth-order valence-corrected chi connectivity index (χ4v) is 4.94. The lowest BCUT2D eigenvalue weighted by molar-refractivity contribution is -0.128. The molecule has 0 N–H and O–H groups in total. The van der Waals surface area contributed by atoms with Gasteiger partial charge in [0.25, 0.3) is 11.1 Å². The van der Waals surface area contributed by atoms with Crippen LogP contribution in [-0.4, -0.2) is 39.8 Å². The molecule has 0 spiro atoms. The first kappa shape index (κ1) is 18.9. The van der Waals surface area contributed by atoms with Gasteiger partial charge in [0.15, 0.2) is 0 Å². The number of thioether (sulfide) groups is 1. The standard InChI is InChI=1S/C18H22N4O2S2/c1-11-5-6-14-13(9-11)10-15(26-14)16-20-21-18(24-16)25-12(2)17(23)22(3)8-4-7-19/h10-12H,4-6,8-9H2,1-3H3/t11-,12+/m0/s1. The number of hydrogen-bond donors (Lipinski definition) is 0. The van der Waals surface area contributed by atoms with Crippen LogP contribution in [0.5, 0.6) is 0 Å². The van der Waals surface area contributed by atoms with E-state index in [0.717, 1.165) is 23.6 Å². The van der Waals surface area contributed by atoms with Crippen molar-refractivity contribution in [2.75, 3.05) is 13.6 Å². The van der Waals surface area contributed by atoms with Crippen LogP contribution < -0.4 is 0 Å². The number of thiophene rings is 1. The van der Waals surface area contributed by atoms with Crippen LogP contribution in [0.1, 0.15) is 37.1 Å². The molecule has 0 bridgehead atoms. The molecule has 1 aliphatic carbocycles. The normalized spacial score (nSPS) is 17.4. The topological polar surface area (TPSA) is 83.0 Å². The summed E-state index contributed by atoms with van der Waals surface area (Å²) in [5, 5.41) is 16.9. The fourth-order valence-electron chi connectivity index (χ4n) is 3.01. The second-order valence-electron chi connectivity index (χ2n) is 6.71. The third kappa shape index (κ3) is 4.27. The maximum Gasteiger partial charge on any atom is 0.277 e. The van der Waals surface area contributed by atoms with Gasteiger partial charge in [0.2, 0.25) is 5.91 Å². The van der Waals surface area contributed by atoms with Crippen molar-refractivity contribution in [2.45, 2.75) is 50.0 Å². The van der Waals surface area contributed by atoms with Gasteiger partial charge in [-0.25, -0.2) is 0 Å². The highest BCUT2D eigenvalue weighted by Gasteiger charge is 2.23. The van der Waals surface area contributed by atoms with Gasteiger partial charge in [-0.2, -0.15) is 5.26 Å². The SMILES string of the molecule is C[C@H]1CCc2sc(-c3nnc(S[C@H](C)C(=O)N(C)CCC#N)o3)cc2C1. The van der Waals surface area contributed by atoms with Gasteiger partial charge in [0.05, 0.1) is 22.6 Å². The minimum Gasteiger partial charge on any atom is -0.410 e. The first-order valence-electron chi connectivity index (χ1n) is 8.72. The van der Waals surface area contributed by atoms with Gasteiger partial charge in [-0.1, -0.05) is 18.7 Å². The molecule has 8 heteroatoms. The lowest BCUT2D eigenvalue weighted by Crippen LogP contribution is -2.33. The quantitative estimate of drug-likeness (QED) is 0.698. The number of hydrogen-bond acceptors (Lipinski definition) is 7. The van der Waals surface area contributed by atoms with Crippen molar-refractivity contribution in [3.63, 3.8) is 0 Å². The minimum absolute atomic E-state index is 0.0504. The third-order valence-electron chi connectivity index (χ3n) is 4.51. The highest BCUT2D eigenvalue weighted by Crippen LogP contribution is 2.37. The molecule has 2 atom stereocenters. The van der Waals surface area contributed by atoms with Crippen LogP contribution in [0.4, 0.5) is 0 Å². The molecular formula is C18H22N4O2S2. The first-order valence-corrected chi connectivity index (χ1v) is 10.4. The van der Waals surface area contributed by atoms with E-state index in [1.54, 1.807) is 23.3 Å². The van der Waals surface area contributed by atoms with E-state index in [0.29, 0.717) is 24.1 Å². The Labute approximate surface area is 161 Å². The van der Waals surface area contributed by atoms with Crippen molar-refractivity contribution in [3.8, 4) is 16.8 Å². The van der Waals surface area contributed by atoms with Gasteiger partial charge in [-0.05, 0) is 43.7 Å². The average Bonchev–Trinajstić information content (AvgIpc) is 3.24. The van der Waals surface area contributed by atoms with Crippen LogP contribution in [0.25, 0.3) is 10.8 Å². The zero-order valence-corrected chi connectivity index (χ0v) is 16.8. The summed E-state index contributed by atoms with van der Waals surface area (Å²) in [7, 11) is 1.70. The molecule has 2 aromatic rings. The van der Waals surface area contributed by atoms with Gasteiger partial charge in [-0.15, -0.1) is 21.5 Å². The summed E-state index contributed by atoms with van der Waals surface area (Å²) >= 11 is 2.99. The van der Waals surface area contributed by atoms with Crippen LogP contribution in [0.3, 0.4) is 0 Å². The maximum atomic E-state index is 12.3. The molecule has 2 aromatic heterocycles. The number of aryl methyl sites for hydroxylation is 1. The molecule has 6 nitrogen and oxygen atoms in total. The van der Waals surface area contributed by atoms with Crippen LogP contribution >= 0.6 is 23.1 Å². The van der Waals surface area contributed by atoms with E-state index in [9.17, 15) is 4.79 Å². The summed E-state index contributed by atoms with van der Waals surface area (Å²) < 4.78 is 5.78. The number of nitrogens with zero attached hydrogens (tertiary/aromatic N) is 4. The summed E-state index contributed by atoms with van der Waals surface area (Å²) in [6, 6.07) is 4.21. The Kier molecular flexibility index (Phi) is 5.99.